The SMILES string of the molecule is C#Cc1cc(C)c(NS(=O)(=O)c2ccc(OC)cc2Cc2ccccc2)c(C(=O)OC)c1. The van der Waals surface area contributed by atoms with E-state index in [0.29, 0.717) is 28.9 Å². The molecule has 0 aliphatic carbocycles. The molecule has 0 aliphatic rings. The van der Waals surface area contributed by atoms with E-state index in [4.69, 9.17) is 15.9 Å². The summed E-state index contributed by atoms with van der Waals surface area (Å²) < 4.78 is 39.6. The molecular weight excluding hydrogens is 426 g/mol. The van der Waals surface area contributed by atoms with Gasteiger partial charge in [-0.3, -0.25) is 4.72 Å². The fraction of sp³-hybridized carbons (Fsp3) is 0.160. The van der Waals surface area contributed by atoms with Crippen LogP contribution in [0.5, 0.6) is 5.75 Å². The lowest BCUT2D eigenvalue weighted by Gasteiger charge is -2.17. The molecule has 0 amide bonds. The van der Waals surface area contributed by atoms with E-state index < -0.39 is 16.0 Å². The maximum atomic E-state index is 13.4. The van der Waals surface area contributed by atoms with Gasteiger partial charge in [-0.05, 0) is 60.4 Å². The summed E-state index contributed by atoms with van der Waals surface area (Å²) in [6, 6.07) is 17.3. The van der Waals surface area contributed by atoms with Gasteiger partial charge in [0.2, 0.25) is 0 Å². The van der Waals surface area contributed by atoms with E-state index in [1.807, 2.05) is 30.3 Å². The highest BCUT2D eigenvalue weighted by Crippen LogP contribution is 2.30. The maximum absolute atomic E-state index is 13.4. The second-order valence-corrected chi connectivity index (χ2v) is 8.74. The molecule has 32 heavy (non-hydrogen) atoms. The van der Waals surface area contributed by atoms with E-state index in [1.165, 1.54) is 26.4 Å². The zero-order valence-corrected chi connectivity index (χ0v) is 18.8. The van der Waals surface area contributed by atoms with Crippen LogP contribution in [0.2, 0.25) is 0 Å². The number of methoxy groups -OCH3 is 2. The zero-order valence-electron chi connectivity index (χ0n) is 18.0. The van der Waals surface area contributed by atoms with Crippen LogP contribution in [0.4, 0.5) is 5.69 Å². The Labute approximate surface area is 188 Å². The molecular formula is C25H23NO5S. The number of nitrogens with one attached hydrogen (secondary N) is 1. The van der Waals surface area contributed by atoms with E-state index in [1.54, 1.807) is 25.1 Å². The number of hydrogen-bond donors (Lipinski definition) is 1. The Bertz CT molecular complexity index is 1290. The average molecular weight is 450 g/mol. The van der Waals surface area contributed by atoms with Crippen molar-refractivity contribution in [3.63, 3.8) is 0 Å². The summed E-state index contributed by atoms with van der Waals surface area (Å²) in [6.07, 6.45) is 5.85. The quantitative estimate of drug-likeness (QED) is 0.433. The zero-order chi connectivity index (χ0) is 23.3. The number of carbonyl (C=O) groups excluding carboxylic acids is 1. The third-order valence-electron chi connectivity index (χ3n) is 4.94. The number of hydrogen-bond acceptors (Lipinski definition) is 5. The van der Waals surface area contributed by atoms with Gasteiger partial charge in [0.1, 0.15) is 5.75 Å². The number of sulfonamides is 1. The van der Waals surface area contributed by atoms with Crippen molar-refractivity contribution in [3.05, 3.63) is 88.5 Å². The first-order valence-electron chi connectivity index (χ1n) is 9.72. The van der Waals surface area contributed by atoms with Crippen LogP contribution in [0.1, 0.15) is 32.6 Å². The first-order chi connectivity index (χ1) is 15.3. The molecule has 0 aliphatic heterocycles. The molecule has 164 valence electrons. The Kier molecular flexibility index (Phi) is 6.86. The van der Waals surface area contributed by atoms with Crippen LogP contribution in [0.3, 0.4) is 0 Å². The van der Waals surface area contributed by atoms with E-state index in [2.05, 4.69) is 10.6 Å². The maximum Gasteiger partial charge on any atom is 0.340 e. The normalized spacial score (nSPS) is 10.8. The Morgan fingerprint density at radius 1 is 1.06 bits per heavy atom. The van der Waals surface area contributed by atoms with Gasteiger partial charge in [0.25, 0.3) is 10.0 Å². The first-order valence-corrected chi connectivity index (χ1v) is 11.2. The van der Waals surface area contributed by atoms with Gasteiger partial charge in [0, 0.05) is 5.56 Å². The van der Waals surface area contributed by atoms with E-state index in [-0.39, 0.29) is 16.1 Å². The van der Waals surface area contributed by atoms with Gasteiger partial charge in [0.05, 0.1) is 30.4 Å². The molecule has 0 spiro atoms. The number of ether oxygens (including phenoxy) is 2. The largest absolute Gasteiger partial charge is 0.497 e. The van der Waals surface area contributed by atoms with Crippen LogP contribution in [0.15, 0.2) is 65.6 Å². The predicted octanol–water partition coefficient (Wildman–Crippen LogP) is 4.16. The van der Waals surface area contributed by atoms with Crippen LogP contribution in [0, 0.1) is 19.3 Å². The highest BCUT2D eigenvalue weighted by Gasteiger charge is 2.24. The van der Waals surface area contributed by atoms with Gasteiger partial charge in [-0.15, -0.1) is 6.42 Å². The second kappa shape index (κ2) is 9.58. The number of anilines is 1. The molecule has 0 fully saturated rings. The van der Waals surface area contributed by atoms with Crippen LogP contribution < -0.4 is 9.46 Å². The van der Waals surface area contributed by atoms with Crippen molar-refractivity contribution in [2.45, 2.75) is 18.2 Å². The minimum atomic E-state index is -4.06. The molecule has 0 radical (unpaired) electrons. The standard InChI is InChI=1S/C25H23NO5S/c1-5-18-13-17(2)24(22(15-18)25(27)31-4)26-32(28,29)23-12-11-21(30-3)16-20(23)14-19-9-7-6-8-10-19/h1,6-13,15-16,26H,14H2,2-4H3. The summed E-state index contributed by atoms with van der Waals surface area (Å²) in [5.41, 5.74) is 2.62. The molecule has 3 rings (SSSR count). The van der Waals surface area contributed by atoms with Crippen LogP contribution in [-0.2, 0) is 21.2 Å². The van der Waals surface area contributed by atoms with Crippen molar-refractivity contribution >= 4 is 21.7 Å². The molecule has 0 bridgehead atoms. The second-order valence-electron chi connectivity index (χ2n) is 7.09. The fourth-order valence-corrected chi connectivity index (χ4v) is 4.74. The summed E-state index contributed by atoms with van der Waals surface area (Å²) in [7, 11) is -1.32. The van der Waals surface area contributed by atoms with E-state index in [0.717, 1.165) is 5.56 Å². The lowest BCUT2D eigenvalue weighted by atomic mass is 10.0. The summed E-state index contributed by atoms with van der Waals surface area (Å²) in [5, 5.41) is 0. The van der Waals surface area contributed by atoms with Crippen molar-refractivity contribution < 1.29 is 22.7 Å². The Morgan fingerprint density at radius 3 is 2.41 bits per heavy atom. The molecule has 7 heteroatoms. The molecule has 0 aromatic heterocycles. The highest BCUT2D eigenvalue weighted by atomic mass is 32.2. The Balaban J connectivity index is 2.10. The molecule has 0 saturated carbocycles. The summed E-state index contributed by atoms with van der Waals surface area (Å²) >= 11 is 0. The third kappa shape index (κ3) is 4.93. The summed E-state index contributed by atoms with van der Waals surface area (Å²) in [4.78, 5) is 12.4. The van der Waals surface area contributed by atoms with Gasteiger partial charge in [-0.25, -0.2) is 13.2 Å². The van der Waals surface area contributed by atoms with E-state index in [9.17, 15) is 13.2 Å². The molecule has 0 heterocycles. The molecule has 3 aromatic rings. The van der Waals surface area contributed by atoms with Crippen LogP contribution >= 0.6 is 0 Å². The fourth-order valence-electron chi connectivity index (χ4n) is 3.37. The van der Waals surface area contributed by atoms with Crippen molar-refractivity contribution in [1.82, 2.24) is 0 Å². The molecule has 3 aromatic carbocycles. The topological polar surface area (TPSA) is 81.7 Å². The highest BCUT2D eigenvalue weighted by molar-refractivity contribution is 7.92. The van der Waals surface area contributed by atoms with Crippen molar-refractivity contribution in [2.24, 2.45) is 0 Å². The molecule has 0 unspecified atom stereocenters. The molecule has 0 atom stereocenters. The van der Waals surface area contributed by atoms with Crippen LogP contribution in [-0.4, -0.2) is 28.6 Å². The minimum absolute atomic E-state index is 0.0437. The third-order valence-corrected chi connectivity index (χ3v) is 6.39. The lowest BCUT2D eigenvalue weighted by Crippen LogP contribution is -2.19. The first kappa shape index (κ1) is 22.9. The Morgan fingerprint density at radius 2 is 1.78 bits per heavy atom. The molecule has 1 N–H and O–H groups in total. The monoisotopic (exact) mass is 449 g/mol. The van der Waals surface area contributed by atoms with Gasteiger partial charge in [0.15, 0.2) is 0 Å². The minimum Gasteiger partial charge on any atom is -0.497 e. The summed E-state index contributed by atoms with van der Waals surface area (Å²) in [5.74, 6) is 2.31. The van der Waals surface area contributed by atoms with Crippen molar-refractivity contribution in [1.29, 1.82) is 0 Å². The van der Waals surface area contributed by atoms with E-state index >= 15 is 0 Å². The number of aryl methyl sites for hydroxylation is 1. The smallest absolute Gasteiger partial charge is 0.340 e. The van der Waals surface area contributed by atoms with Crippen LogP contribution in [0.25, 0.3) is 0 Å². The van der Waals surface area contributed by atoms with Gasteiger partial charge >= 0.3 is 5.97 Å². The van der Waals surface area contributed by atoms with Gasteiger partial charge in [-0.2, -0.15) is 0 Å². The van der Waals surface area contributed by atoms with Gasteiger partial charge in [-0.1, -0.05) is 36.3 Å². The number of carbonyl (C=O) groups is 1. The summed E-state index contributed by atoms with van der Waals surface area (Å²) in [6.45, 7) is 1.67. The van der Waals surface area contributed by atoms with Gasteiger partial charge < -0.3 is 9.47 Å². The molecule has 0 saturated heterocycles. The number of rotatable bonds is 7. The van der Waals surface area contributed by atoms with Crippen molar-refractivity contribution in [2.75, 3.05) is 18.9 Å². The Hall–Kier alpha value is -3.76. The number of benzene rings is 3. The number of esters is 1. The molecule has 6 nitrogen and oxygen atoms in total. The predicted molar refractivity (Wildman–Crippen MR) is 124 cm³/mol. The number of terminal acetylenes is 1. The lowest BCUT2D eigenvalue weighted by molar-refractivity contribution is 0.0602. The van der Waals surface area contributed by atoms with Crippen molar-refractivity contribution in [3.8, 4) is 18.1 Å². The average Bonchev–Trinajstić information content (AvgIpc) is 2.80.